The standard InChI is InChI=1S/C14H20N2O3/c1-3-13-10(4-5-19-13)7-16-12-6-9(2)15-8-11(12)14(17)18/h6,8,10,13H,3-5,7H2,1-2H3,(H,15,16)(H,17,18). The second-order valence-electron chi connectivity index (χ2n) is 4.92. The van der Waals surface area contributed by atoms with Crippen LogP contribution in [-0.2, 0) is 4.74 Å². The third-order valence-corrected chi connectivity index (χ3v) is 3.57. The van der Waals surface area contributed by atoms with Gasteiger partial charge < -0.3 is 15.2 Å². The van der Waals surface area contributed by atoms with Crippen LogP contribution >= 0.6 is 0 Å². The van der Waals surface area contributed by atoms with Crippen LogP contribution in [0.3, 0.4) is 0 Å². The van der Waals surface area contributed by atoms with Gasteiger partial charge in [0.2, 0.25) is 0 Å². The first kappa shape index (κ1) is 13.8. The number of pyridine rings is 1. The molecule has 0 radical (unpaired) electrons. The van der Waals surface area contributed by atoms with E-state index in [1.165, 1.54) is 6.20 Å². The van der Waals surface area contributed by atoms with Gasteiger partial charge in [0.25, 0.3) is 0 Å². The molecule has 1 aliphatic rings. The van der Waals surface area contributed by atoms with Crippen molar-refractivity contribution in [2.45, 2.75) is 32.8 Å². The number of anilines is 1. The first-order valence-electron chi connectivity index (χ1n) is 6.67. The molecule has 0 aliphatic carbocycles. The van der Waals surface area contributed by atoms with E-state index < -0.39 is 5.97 Å². The Balaban J connectivity index is 2.06. The van der Waals surface area contributed by atoms with E-state index in [1.807, 2.05) is 6.92 Å². The minimum atomic E-state index is -0.954. The molecule has 1 saturated heterocycles. The van der Waals surface area contributed by atoms with Crippen molar-refractivity contribution in [1.29, 1.82) is 0 Å². The molecule has 0 saturated carbocycles. The lowest BCUT2D eigenvalue weighted by molar-refractivity contribution is 0.0697. The molecule has 5 heteroatoms. The number of aryl methyl sites for hydroxylation is 1. The normalized spacial score (nSPS) is 22.4. The lowest BCUT2D eigenvalue weighted by atomic mass is 9.99. The van der Waals surface area contributed by atoms with Crippen molar-refractivity contribution < 1.29 is 14.6 Å². The predicted molar refractivity (Wildman–Crippen MR) is 72.6 cm³/mol. The lowest BCUT2D eigenvalue weighted by Gasteiger charge is -2.18. The van der Waals surface area contributed by atoms with E-state index in [0.29, 0.717) is 11.6 Å². The molecule has 0 amide bonds. The van der Waals surface area contributed by atoms with E-state index >= 15 is 0 Å². The summed E-state index contributed by atoms with van der Waals surface area (Å²) in [5.74, 6) is -0.509. The molecule has 0 aromatic carbocycles. The van der Waals surface area contributed by atoms with Crippen LogP contribution in [0.1, 0.15) is 35.8 Å². The highest BCUT2D eigenvalue weighted by Crippen LogP contribution is 2.24. The predicted octanol–water partition coefficient (Wildman–Crippen LogP) is 2.32. The fourth-order valence-corrected chi connectivity index (χ4v) is 2.50. The minimum Gasteiger partial charge on any atom is -0.478 e. The molecule has 0 spiro atoms. The van der Waals surface area contributed by atoms with Crippen molar-refractivity contribution in [2.24, 2.45) is 5.92 Å². The van der Waals surface area contributed by atoms with Gasteiger partial charge in [-0.15, -0.1) is 0 Å². The van der Waals surface area contributed by atoms with Crippen LogP contribution in [-0.4, -0.2) is 35.3 Å². The molecule has 2 atom stereocenters. The van der Waals surface area contributed by atoms with Crippen molar-refractivity contribution in [3.63, 3.8) is 0 Å². The zero-order valence-corrected chi connectivity index (χ0v) is 11.3. The molecule has 2 N–H and O–H groups in total. The lowest BCUT2D eigenvalue weighted by Crippen LogP contribution is -2.23. The summed E-state index contributed by atoms with van der Waals surface area (Å²) in [5, 5.41) is 12.4. The number of aromatic nitrogens is 1. The van der Waals surface area contributed by atoms with Gasteiger partial charge in [0, 0.05) is 31.0 Å². The monoisotopic (exact) mass is 264 g/mol. The maximum atomic E-state index is 11.1. The molecular weight excluding hydrogens is 244 g/mol. The number of carboxylic acid groups (broad SMARTS) is 1. The summed E-state index contributed by atoms with van der Waals surface area (Å²) in [6.45, 7) is 5.50. The molecule has 1 aromatic rings. The zero-order chi connectivity index (χ0) is 13.8. The van der Waals surface area contributed by atoms with Crippen molar-refractivity contribution in [1.82, 2.24) is 4.98 Å². The van der Waals surface area contributed by atoms with Gasteiger partial charge in [0.05, 0.1) is 11.8 Å². The molecule has 1 fully saturated rings. The number of hydrogen-bond donors (Lipinski definition) is 2. The molecule has 19 heavy (non-hydrogen) atoms. The SMILES string of the molecule is CCC1OCCC1CNc1cc(C)ncc1C(=O)O. The highest BCUT2D eigenvalue weighted by molar-refractivity contribution is 5.93. The molecule has 104 valence electrons. The van der Waals surface area contributed by atoms with Crippen LogP contribution in [0.25, 0.3) is 0 Å². The van der Waals surface area contributed by atoms with Gasteiger partial charge in [0.1, 0.15) is 5.56 Å². The van der Waals surface area contributed by atoms with Crippen molar-refractivity contribution in [2.75, 3.05) is 18.5 Å². The fourth-order valence-electron chi connectivity index (χ4n) is 2.50. The van der Waals surface area contributed by atoms with E-state index in [2.05, 4.69) is 17.2 Å². The van der Waals surface area contributed by atoms with Crippen molar-refractivity contribution >= 4 is 11.7 Å². The second-order valence-corrected chi connectivity index (χ2v) is 4.92. The third kappa shape index (κ3) is 3.23. The summed E-state index contributed by atoms with van der Waals surface area (Å²) in [6, 6.07) is 1.78. The number of nitrogens with one attached hydrogen (secondary N) is 1. The smallest absolute Gasteiger partial charge is 0.339 e. The number of nitrogens with zero attached hydrogens (tertiary/aromatic N) is 1. The zero-order valence-electron chi connectivity index (χ0n) is 11.3. The summed E-state index contributed by atoms with van der Waals surface area (Å²) >= 11 is 0. The van der Waals surface area contributed by atoms with E-state index in [1.54, 1.807) is 6.07 Å². The number of rotatable bonds is 5. The van der Waals surface area contributed by atoms with Gasteiger partial charge in [-0.05, 0) is 25.8 Å². The van der Waals surface area contributed by atoms with Crippen LogP contribution in [0.15, 0.2) is 12.3 Å². The summed E-state index contributed by atoms with van der Waals surface area (Å²) in [4.78, 5) is 15.2. The molecule has 0 bridgehead atoms. The van der Waals surface area contributed by atoms with Gasteiger partial charge in [-0.3, -0.25) is 4.98 Å². The van der Waals surface area contributed by atoms with Gasteiger partial charge in [-0.2, -0.15) is 0 Å². The Hall–Kier alpha value is -1.62. The first-order valence-corrected chi connectivity index (χ1v) is 6.67. The Bertz CT molecular complexity index is 462. The van der Waals surface area contributed by atoms with Gasteiger partial charge in [0.15, 0.2) is 0 Å². The number of carbonyl (C=O) groups is 1. The highest BCUT2D eigenvalue weighted by atomic mass is 16.5. The van der Waals surface area contributed by atoms with Crippen LogP contribution in [0.4, 0.5) is 5.69 Å². The van der Waals surface area contributed by atoms with Crippen LogP contribution in [0.5, 0.6) is 0 Å². The fraction of sp³-hybridized carbons (Fsp3) is 0.571. The highest BCUT2D eigenvalue weighted by Gasteiger charge is 2.26. The van der Waals surface area contributed by atoms with E-state index in [0.717, 1.165) is 31.7 Å². The third-order valence-electron chi connectivity index (χ3n) is 3.57. The van der Waals surface area contributed by atoms with E-state index in [4.69, 9.17) is 9.84 Å². The largest absolute Gasteiger partial charge is 0.478 e. The average molecular weight is 264 g/mol. The number of hydrogen-bond acceptors (Lipinski definition) is 4. The molecule has 2 rings (SSSR count). The van der Waals surface area contributed by atoms with Crippen molar-refractivity contribution in [3.05, 3.63) is 23.5 Å². The topological polar surface area (TPSA) is 71.5 Å². The van der Waals surface area contributed by atoms with Crippen LogP contribution in [0, 0.1) is 12.8 Å². The Kier molecular flexibility index (Phi) is 4.37. The van der Waals surface area contributed by atoms with E-state index in [9.17, 15) is 4.79 Å². The number of ether oxygens (including phenoxy) is 1. The van der Waals surface area contributed by atoms with Gasteiger partial charge >= 0.3 is 5.97 Å². The molecular formula is C14H20N2O3. The Morgan fingerprint density at radius 1 is 1.63 bits per heavy atom. The van der Waals surface area contributed by atoms with Gasteiger partial charge in [-0.25, -0.2) is 4.79 Å². The summed E-state index contributed by atoms with van der Waals surface area (Å²) in [5.41, 5.74) is 1.67. The van der Waals surface area contributed by atoms with Crippen LogP contribution in [0.2, 0.25) is 0 Å². The Morgan fingerprint density at radius 2 is 2.42 bits per heavy atom. The quantitative estimate of drug-likeness (QED) is 0.854. The molecule has 5 nitrogen and oxygen atoms in total. The van der Waals surface area contributed by atoms with Crippen LogP contribution < -0.4 is 5.32 Å². The second kappa shape index (κ2) is 6.02. The van der Waals surface area contributed by atoms with E-state index in [-0.39, 0.29) is 11.7 Å². The maximum absolute atomic E-state index is 11.1. The summed E-state index contributed by atoms with van der Waals surface area (Å²) < 4.78 is 5.64. The molecule has 1 aliphatic heterocycles. The summed E-state index contributed by atoms with van der Waals surface area (Å²) in [7, 11) is 0. The minimum absolute atomic E-state index is 0.220. The average Bonchev–Trinajstić information content (AvgIpc) is 2.83. The first-order chi connectivity index (χ1) is 9.11. The molecule has 2 unspecified atom stereocenters. The number of aromatic carboxylic acids is 1. The Labute approximate surface area is 113 Å². The molecule has 1 aromatic heterocycles. The molecule has 2 heterocycles. The summed E-state index contributed by atoms with van der Waals surface area (Å²) in [6.07, 6.45) is 3.71. The Morgan fingerprint density at radius 3 is 3.11 bits per heavy atom. The number of carboxylic acids is 1. The van der Waals surface area contributed by atoms with Gasteiger partial charge in [-0.1, -0.05) is 6.92 Å². The maximum Gasteiger partial charge on any atom is 0.339 e. The van der Waals surface area contributed by atoms with Crippen molar-refractivity contribution in [3.8, 4) is 0 Å².